The first-order chi connectivity index (χ1) is 9.24. The smallest absolute Gasteiger partial charge is 0.0451 e. The standard InChI is InChI=1S/C16H27ClN2/c1-3-4-5-8-11-18-12-13-19(2)14-15-9-6-7-10-16(15)17/h6-7,9-10,18H,3-5,8,11-14H2,1-2H3. The Hall–Kier alpha value is -0.570. The second kappa shape index (κ2) is 10.2. The first-order valence-electron chi connectivity index (χ1n) is 7.36. The van der Waals surface area contributed by atoms with Gasteiger partial charge in [0, 0.05) is 24.7 Å². The lowest BCUT2D eigenvalue weighted by atomic mass is 10.2. The van der Waals surface area contributed by atoms with Crippen LogP contribution in [0.3, 0.4) is 0 Å². The first kappa shape index (κ1) is 16.5. The number of unbranched alkanes of at least 4 members (excludes halogenated alkanes) is 3. The van der Waals surface area contributed by atoms with Crippen LogP contribution in [0.2, 0.25) is 5.02 Å². The molecule has 3 heteroatoms. The highest BCUT2D eigenvalue weighted by atomic mass is 35.5. The minimum absolute atomic E-state index is 0.863. The molecule has 1 rings (SSSR count). The van der Waals surface area contributed by atoms with Gasteiger partial charge in [-0.1, -0.05) is 56.0 Å². The van der Waals surface area contributed by atoms with Crippen molar-refractivity contribution >= 4 is 11.6 Å². The SMILES string of the molecule is CCCCCCNCCN(C)Cc1ccccc1Cl. The molecule has 0 aliphatic heterocycles. The zero-order valence-electron chi connectivity index (χ0n) is 12.3. The van der Waals surface area contributed by atoms with Gasteiger partial charge in [0.05, 0.1) is 0 Å². The van der Waals surface area contributed by atoms with Crippen LogP contribution in [-0.2, 0) is 6.54 Å². The number of hydrogen-bond donors (Lipinski definition) is 1. The van der Waals surface area contributed by atoms with Crippen molar-refractivity contribution in [2.45, 2.75) is 39.2 Å². The number of nitrogens with one attached hydrogen (secondary N) is 1. The van der Waals surface area contributed by atoms with Crippen LogP contribution in [0.25, 0.3) is 0 Å². The van der Waals surface area contributed by atoms with Crippen LogP contribution in [0.15, 0.2) is 24.3 Å². The zero-order valence-corrected chi connectivity index (χ0v) is 13.0. The molecule has 1 N–H and O–H groups in total. The highest BCUT2D eigenvalue weighted by Gasteiger charge is 2.03. The maximum absolute atomic E-state index is 6.16. The normalized spacial score (nSPS) is 11.2. The number of benzene rings is 1. The van der Waals surface area contributed by atoms with Gasteiger partial charge in [-0.25, -0.2) is 0 Å². The lowest BCUT2D eigenvalue weighted by Gasteiger charge is -2.17. The van der Waals surface area contributed by atoms with E-state index in [-0.39, 0.29) is 0 Å². The monoisotopic (exact) mass is 282 g/mol. The molecule has 19 heavy (non-hydrogen) atoms. The Kier molecular flexibility index (Phi) is 8.89. The van der Waals surface area contributed by atoms with E-state index in [0.717, 1.165) is 31.2 Å². The Balaban J connectivity index is 2.08. The quantitative estimate of drug-likeness (QED) is 0.654. The van der Waals surface area contributed by atoms with E-state index in [1.165, 1.54) is 31.2 Å². The average Bonchev–Trinajstić information content (AvgIpc) is 2.40. The Morgan fingerprint density at radius 1 is 1.11 bits per heavy atom. The fourth-order valence-electron chi connectivity index (χ4n) is 2.07. The fraction of sp³-hybridized carbons (Fsp3) is 0.625. The Labute approximate surface area is 123 Å². The Morgan fingerprint density at radius 2 is 1.89 bits per heavy atom. The second-order valence-electron chi connectivity index (χ2n) is 5.14. The molecule has 0 atom stereocenters. The summed E-state index contributed by atoms with van der Waals surface area (Å²) in [6.45, 7) is 6.40. The van der Waals surface area contributed by atoms with Crippen LogP contribution >= 0.6 is 11.6 Å². The van der Waals surface area contributed by atoms with Crippen LogP contribution in [-0.4, -0.2) is 31.6 Å². The Morgan fingerprint density at radius 3 is 2.63 bits per heavy atom. The van der Waals surface area contributed by atoms with Gasteiger partial charge < -0.3 is 10.2 Å². The van der Waals surface area contributed by atoms with Gasteiger partial charge in [-0.15, -0.1) is 0 Å². The number of nitrogens with zero attached hydrogens (tertiary/aromatic N) is 1. The van der Waals surface area contributed by atoms with Crippen molar-refractivity contribution < 1.29 is 0 Å². The molecule has 0 saturated carbocycles. The van der Waals surface area contributed by atoms with Gasteiger partial charge in [-0.2, -0.15) is 0 Å². The van der Waals surface area contributed by atoms with E-state index in [2.05, 4.69) is 30.3 Å². The molecule has 1 aromatic rings. The van der Waals surface area contributed by atoms with Crippen molar-refractivity contribution in [3.8, 4) is 0 Å². The van der Waals surface area contributed by atoms with Crippen molar-refractivity contribution in [3.05, 3.63) is 34.9 Å². The number of hydrogen-bond acceptors (Lipinski definition) is 2. The molecule has 108 valence electrons. The van der Waals surface area contributed by atoms with Crippen molar-refractivity contribution in [2.24, 2.45) is 0 Å². The summed E-state index contributed by atoms with van der Waals surface area (Å²) in [6.07, 6.45) is 5.30. The van der Waals surface area contributed by atoms with Crippen LogP contribution < -0.4 is 5.32 Å². The van der Waals surface area contributed by atoms with E-state index in [0.29, 0.717) is 0 Å². The molecule has 0 amide bonds. The van der Waals surface area contributed by atoms with Crippen LogP contribution in [0.5, 0.6) is 0 Å². The average molecular weight is 283 g/mol. The van der Waals surface area contributed by atoms with Crippen molar-refractivity contribution in [2.75, 3.05) is 26.7 Å². The van der Waals surface area contributed by atoms with E-state index < -0.39 is 0 Å². The minimum atomic E-state index is 0.863. The minimum Gasteiger partial charge on any atom is -0.315 e. The number of rotatable bonds is 10. The third kappa shape index (κ3) is 7.56. The van der Waals surface area contributed by atoms with Gasteiger partial charge in [-0.05, 0) is 31.6 Å². The topological polar surface area (TPSA) is 15.3 Å². The third-order valence-electron chi connectivity index (χ3n) is 3.28. The summed E-state index contributed by atoms with van der Waals surface area (Å²) in [5, 5.41) is 4.36. The van der Waals surface area contributed by atoms with Gasteiger partial charge in [0.1, 0.15) is 0 Å². The van der Waals surface area contributed by atoms with Crippen LogP contribution in [0, 0.1) is 0 Å². The van der Waals surface area contributed by atoms with Gasteiger partial charge >= 0.3 is 0 Å². The molecule has 0 radical (unpaired) electrons. The van der Waals surface area contributed by atoms with Gasteiger partial charge in [0.15, 0.2) is 0 Å². The second-order valence-corrected chi connectivity index (χ2v) is 5.55. The summed E-state index contributed by atoms with van der Waals surface area (Å²) in [4.78, 5) is 2.31. The zero-order chi connectivity index (χ0) is 13.9. The molecular formula is C16H27ClN2. The van der Waals surface area contributed by atoms with Crippen molar-refractivity contribution in [1.29, 1.82) is 0 Å². The maximum atomic E-state index is 6.16. The predicted octanol–water partition coefficient (Wildman–Crippen LogP) is 3.94. The molecule has 0 spiro atoms. The summed E-state index contributed by atoms with van der Waals surface area (Å²) in [7, 11) is 2.14. The number of likely N-dealkylation sites (N-methyl/N-ethyl adjacent to an activating group) is 1. The first-order valence-corrected chi connectivity index (χ1v) is 7.74. The van der Waals surface area contributed by atoms with E-state index in [1.807, 2.05) is 18.2 Å². The fourth-order valence-corrected chi connectivity index (χ4v) is 2.26. The van der Waals surface area contributed by atoms with Gasteiger partial charge in [0.2, 0.25) is 0 Å². The summed E-state index contributed by atoms with van der Waals surface area (Å²) < 4.78 is 0. The lowest BCUT2D eigenvalue weighted by Crippen LogP contribution is -2.29. The molecular weight excluding hydrogens is 256 g/mol. The molecule has 0 unspecified atom stereocenters. The van der Waals surface area contributed by atoms with E-state index in [9.17, 15) is 0 Å². The highest BCUT2D eigenvalue weighted by molar-refractivity contribution is 6.31. The van der Waals surface area contributed by atoms with Crippen molar-refractivity contribution in [3.63, 3.8) is 0 Å². The summed E-state index contributed by atoms with van der Waals surface area (Å²) in [5.74, 6) is 0. The predicted molar refractivity (Wildman–Crippen MR) is 84.8 cm³/mol. The number of halogens is 1. The molecule has 0 aliphatic rings. The molecule has 0 fully saturated rings. The van der Waals surface area contributed by atoms with E-state index in [1.54, 1.807) is 0 Å². The highest BCUT2D eigenvalue weighted by Crippen LogP contribution is 2.16. The summed E-state index contributed by atoms with van der Waals surface area (Å²) in [6, 6.07) is 8.07. The summed E-state index contributed by atoms with van der Waals surface area (Å²) >= 11 is 6.16. The molecule has 0 aromatic heterocycles. The van der Waals surface area contributed by atoms with E-state index >= 15 is 0 Å². The molecule has 0 heterocycles. The summed E-state index contributed by atoms with van der Waals surface area (Å²) in [5.41, 5.74) is 1.20. The largest absolute Gasteiger partial charge is 0.315 e. The maximum Gasteiger partial charge on any atom is 0.0451 e. The van der Waals surface area contributed by atoms with E-state index in [4.69, 9.17) is 11.6 Å². The van der Waals surface area contributed by atoms with Gasteiger partial charge in [0.25, 0.3) is 0 Å². The van der Waals surface area contributed by atoms with Crippen LogP contribution in [0.4, 0.5) is 0 Å². The molecule has 0 bridgehead atoms. The third-order valence-corrected chi connectivity index (χ3v) is 3.64. The molecule has 1 aromatic carbocycles. The lowest BCUT2D eigenvalue weighted by molar-refractivity contribution is 0.324. The van der Waals surface area contributed by atoms with Crippen LogP contribution in [0.1, 0.15) is 38.2 Å². The van der Waals surface area contributed by atoms with Crippen molar-refractivity contribution in [1.82, 2.24) is 10.2 Å². The Bertz CT molecular complexity index is 341. The molecule has 2 nitrogen and oxygen atoms in total. The molecule has 0 aliphatic carbocycles. The molecule has 0 saturated heterocycles. The van der Waals surface area contributed by atoms with Gasteiger partial charge in [-0.3, -0.25) is 0 Å².